The molecule has 1 aliphatic heterocycles. The van der Waals surface area contributed by atoms with E-state index in [9.17, 15) is 14.4 Å². The number of barbiturate groups is 1. The van der Waals surface area contributed by atoms with Gasteiger partial charge in [-0.1, -0.05) is 6.08 Å². The van der Waals surface area contributed by atoms with Crippen LogP contribution in [0.15, 0.2) is 17.6 Å². The molecule has 1 N–H and O–H groups in total. The highest BCUT2D eigenvalue weighted by Crippen LogP contribution is 2.08. The molecule has 1 atom stereocenters. The van der Waals surface area contributed by atoms with Gasteiger partial charge in [-0.2, -0.15) is 0 Å². The Hall–Kier alpha value is -2.02. The zero-order valence-corrected chi connectivity index (χ0v) is 11.8. The number of hydrogen-bond acceptors (Lipinski definition) is 5. The molecule has 1 fully saturated rings. The molecule has 20 heavy (non-hydrogen) atoms. The van der Waals surface area contributed by atoms with Crippen LogP contribution in [0, 0.1) is 5.92 Å². The minimum Gasteiger partial charge on any atom is -0.309 e. The molecular weight excluding hydrogens is 260 g/mol. The molecule has 0 aromatic heterocycles. The second kappa shape index (κ2) is 7.54. The molecule has 0 aromatic rings. The summed E-state index contributed by atoms with van der Waals surface area (Å²) < 4.78 is 0. The summed E-state index contributed by atoms with van der Waals surface area (Å²) >= 11 is 0. The van der Waals surface area contributed by atoms with Crippen molar-refractivity contribution in [2.75, 3.05) is 33.7 Å². The van der Waals surface area contributed by atoms with E-state index >= 15 is 0 Å². The number of hydrogen-bond donors (Lipinski definition) is 1. The van der Waals surface area contributed by atoms with Crippen LogP contribution in [0.4, 0.5) is 4.79 Å². The lowest BCUT2D eigenvalue weighted by molar-refractivity contribution is -0.138. The second-order valence-electron chi connectivity index (χ2n) is 4.72. The van der Waals surface area contributed by atoms with Crippen molar-refractivity contribution in [2.45, 2.75) is 6.42 Å². The molecule has 1 rings (SSSR count). The van der Waals surface area contributed by atoms with Crippen molar-refractivity contribution in [3.8, 4) is 0 Å². The fourth-order valence-electron chi connectivity index (χ4n) is 1.72. The molecule has 0 spiro atoms. The number of urea groups is 1. The number of aliphatic imine (C=N–C) groups is 1. The van der Waals surface area contributed by atoms with Gasteiger partial charge >= 0.3 is 6.03 Å². The van der Waals surface area contributed by atoms with Gasteiger partial charge in [-0.15, -0.1) is 6.58 Å². The highest BCUT2D eigenvalue weighted by molar-refractivity contribution is 6.23. The highest BCUT2D eigenvalue weighted by Gasteiger charge is 2.38. The average molecular weight is 280 g/mol. The fourth-order valence-corrected chi connectivity index (χ4v) is 1.72. The lowest BCUT2D eigenvalue weighted by Crippen LogP contribution is -2.58. The Labute approximate surface area is 118 Å². The van der Waals surface area contributed by atoms with E-state index in [1.54, 1.807) is 0 Å². The maximum atomic E-state index is 12.0. The molecule has 0 bridgehead atoms. The van der Waals surface area contributed by atoms with E-state index in [4.69, 9.17) is 0 Å². The first-order chi connectivity index (χ1) is 9.47. The summed E-state index contributed by atoms with van der Waals surface area (Å²) in [6, 6.07) is -0.711. The van der Waals surface area contributed by atoms with Crippen molar-refractivity contribution in [1.29, 1.82) is 0 Å². The van der Waals surface area contributed by atoms with Crippen LogP contribution >= 0.6 is 0 Å². The van der Waals surface area contributed by atoms with Gasteiger partial charge in [0.2, 0.25) is 11.8 Å². The number of amides is 4. The number of carbonyl (C=O) groups excluding carboxylic acids is 3. The zero-order valence-electron chi connectivity index (χ0n) is 11.8. The van der Waals surface area contributed by atoms with Gasteiger partial charge in [-0.3, -0.25) is 24.8 Å². The first-order valence-corrected chi connectivity index (χ1v) is 6.39. The third-order valence-corrected chi connectivity index (χ3v) is 2.75. The molecule has 1 saturated heterocycles. The Morgan fingerprint density at radius 2 is 2.10 bits per heavy atom. The van der Waals surface area contributed by atoms with E-state index in [1.165, 1.54) is 12.3 Å². The number of nitrogens with zero attached hydrogens (tertiary/aromatic N) is 3. The lowest BCUT2D eigenvalue weighted by atomic mass is 10.1. The van der Waals surface area contributed by atoms with E-state index < -0.39 is 23.8 Å². The van der Waals surface area contributed by atoms with Gasteiger partial charge in [0.05, 0.1) is 0 Å². The minimum absolute atomic E-state index is 0.0723. The van der Waals surface area contributed by atoms with E-state index in [2.05, 4.69) is 16.9 Å². The molecule has 0 aromatic carbocycles. The van der Waals surface area contributed by atoms with Crippen molar-refractivity contribution in [1.82, 2.24) is 15.1 Å². The van der Waals surface area contributed by atoms with Crippen LogP contribution in [0.2, 0.25) is 0 Å². The largest absolute Gasteiger partial charge is 0.331 e. The molecule has 0 radical (unpaired) electrons. The van der Waals surface area contributed by atoms with Crippen LogP contribution in [-0.4, -0.2) is 67.6 Å². The molecule has 0 saturated carbocycles. The fraction of sp³-hybridized carbons (Fsp3) is 0.538. The standard InChI is InChI=1S/C13H20N4O3/c1-4-7-17-12(19)10(11(18)15-13(17)20)9-14-6-5-8-16(2)3/h4,9-10H,1,5-8H2,2-3H3,(H,15,18,20). The molecule has 1 aliphatic rings. The molecule has 7 heteroatoms. The predicted molar refractivity (Wildman–Crippen MR) is 75.5 cm³/mol. The SMILES string of the molecule is C=CCN1C(=O)NC(=O)C(C=NCCCN(C)C)C1=O. The molecule has 1 heterocycles. The summed E-state index contributed by atoms with van der Waals surface area (Å²) in [5.41, 5.74) is 0. The maximum absolute atomic E-state index is 12.0. The first kappa shape index (κ1) is 16.0. The van der Waals surface area contributed by atoms with E-state index in [1.807, 2.05) is 19.0 Å². The molecule has 1 unspecified atom stereocenters. The van der Waals surface area contributed by atoms with Crippen LogP contribution in [0.3, 0.4) is 0 Å². The maximum Gasteiger partial charge on any atom is 0.331 e. The smallest absolute Gasteiger partial charge is 0.309 e. The first-order valence-electron chi connectivity index (χ1n) is 6.39. The average Bonchev–Trinajstić information content (AvgIpc) is 2.37. The van der Waals surface area contributed by atoms with Gasteiger partial charge in [0.1, 0.15) is 0 Å². The third kappa shape index (κ3) is 4.27. The minimum atomic E-state index is -1.04. The molecule has 4 amide bonds. The number of nitrogens with one attached hydrogen (secondary N) is 1. The Kier molecular flexibility index (Phi) is 6.05. The van der Waals surface area contributed by atoms with Crippen molar-refractivity contribution < 1.29 is 14.4 Å². The number of carbonyl (C=O) groups is 3. The normalized spacial score (nSPS) is 19.9. The lowest BCUT2D eigenvalue weighted by Gasteiger charge is -2.27. The predicted octanol–water partition coefficient (Wildman–Crippen LogP) is -0.110. The number of imide groups is 2. The van der Waals surface area contributed by atoms with E-state index in [0.717, 1.165) is 17.9 Å². The van der Waals surface area contributed by atoms with Crippen molar-refractivity contribution in [2.24, 2.45) is 10.9 Å². The Morgan fingerprint density at radius 1 is 1.40 bits per heavy atom. The molecule has 0 aliphatic carbocycles. The quantitative estimate of drug-likeness (QED) is 0.305. The van der Waals surface area contributed by atoms with Crippen LogP contribution in [0.25, 0.3) is 0 Å². The van der Waals surface area contributed by atoms with Crippen LogP contribution in [0.5, 0.6) is 0 Å². The van der Waals surface area contributed by atoms with Gasteiger partial charge in [-0.25, -0.2) is 4.79 Å². The summed E-state index contributed by atoms with van der Waals surface area (Å²) in [4.78, 5) is 42.2. The Morgan fingerprint density at radius 3 is 2.70 bits per heavy atom. The van der Waals surface area contributed by atoms with Crippen molar-refractivity contribution in [3.05, 3.63) is 12.7 Å². The third-order valence-electron chi connectivity index (χ3n) is 2.75. The molecule has 110 valence electrons. The summed E-state index contributed by atoms with van der Waals surface area (Å²) in [6.45, 7) is 4.96. The zero-order chi connectivity index (χ0) is 15.1. The van der Waals surface area contributed by atoms with Gasteiger partial charge in [-0.05, 0) is 27.1 Å². The highest BCUT2D eigenvalue weighted by atomic mass is 16.2. The van der Waals surface area contributed by atoms with Crippen molar-refractivity contribution >= 4 is 24.1 Å². The van der Waals surface area contributed by atoms with Gasteiger partial charge in [0, 0.05) is 19.3 Å². The van der Waals surface area contributed by atoms with E-state index in [-0.39, 0.29) is 6.54 Å². The Balaban J connectivity index is 2.60. The molecule has 7 nitrogen and oxygen atoms in total. The topological polar surface area (TPSA) is 82.1 Å². The van der Waals surface area contributed by atoms with Gasteiger partial charge < -0.3 is 4.90 Å². The van der Waals surface area contributed by atoms with Gasteiger partial charge in [0.15, 0.2) is 5.92 Å². The Bertz CT molecular complexity index is 431. The van der Waals surface area contributed by atoms with E-state index in [0.29, 0.717) is 6.54 Å². The van der Waals surface area contributed by atoms with Crippen LogP contribution in [-0.2, 0) is 9.59 Å². The van der Waals surface area contributed by atoms with Crippen LogP contribution < -0.4 is 5.32 Å². The van der Waals surface area contributed by atoms with Gasteiger partial charge in [0.25, 0.3) is 0 Å². The monoisotopic (exact) mass is 280 g/mol. The summed E-state index contributed by atoms with van der Waals surface area (Å²) in [5.74, 6) is -2.22. The molecular formula is C13H20N4O3. The second-order valence-corrected chi connectivity index (χ2v) is 4.72. The summed E-state index contributed by atoms with van der Waals surface area (Å²) in [7, 11) is 3.92. The summed E-state index contributed by atoms with van der Waals surface area (Å²) in [6.07, 6.45) is 3.58. The van der Waals surface area contributed by atoms with Crippen molar-refractivity contribution in [3.63, 3.8) is 0 Å². The number of rotatable bonds is 7. The summed E-state index contributed by atoms with van der Waals surface area (Å²) in [5, 5.41) is 2.13. The van der Waals surface area contributed by atoms with Crippen LogP contribution in [0.1, 0.15) is 6.42 Å².